The van der Waals surface area contributed by atoms with Gasteiger partial charge in [0.1, 0.15) is 6.61 Å². The molecule has 29 heavy (non-hydrogen) atoms. The Morgan fingerprint density at radius 2 is 1.76 bits per heavy atom. The van der Waals surface area contributed by atoms with Gasteiger partial charge in [-0.2, -0.15) is 0 Å². The van der Waals surface area contributed by atoms with Gasteiger partial charge in [0.15, 0.2) is 11.2 Å². The number of aromatic nitrogens is 4. The van der Waals surface area contributed by atoms with E-state index in [9.17, 15) is 19.2 Å². The molecule has 0 saturated heterocycles. The van der Waals surface area contributed by atoms with Crippen molar-refractivity contribution in [3.05, 3.63) is 62.6 Å². The predicted molar refractivity (Wildman–Crippen MR) is 102 cm³/mol. The summed E-state index contributed by atoms with van der Waals surface area (Å²) in [4.78, 5) is 51.9. The first-order valence-corrected chi connectivity index (χ1v) is 8.77. The third-order valence-electron chi connectivity index (χ3n) is 4.55. The van der Waals surface area contributed by atoms with Gasteiger partial charge >= 0.3 is 17.6 Å². The van der Waals surface area contributed by atoms with Crippen molar-refractivity contribution in [2.24, 2.45) is 14.1 Å². The zero-order valence-electron chi connectivity index (χ0n) is 16.2. The van der Waals surface area contributed by atoms with Gasteiger partial charge in [-0.15, -0.1) is 0 Å². The van der Waals surface area contributed by atoms with Crippen molar-refractivity contribution in [2.45, 2.75) is 19.6 Å². The minimum Gasteiger partial charge on any atom is -0.465 e. The molecule has 0 aliphatic rings. The van der Waals surface area contributed by atoms with Crippen LogP contribution in [0.1, 0.15) is 22.3 Å². The van der Waals surface area contributed by atoms with Crippen LogP contribution in [-0.4, -0.2) is 37.7 Å². The highest BCUT2D eigenvalue weighted by atomic mass is 16.5. The first-order valence-electron chi connectivity index (χ1n) is 8.77. The lowest BCUT2D eigenvalue weighted by atomic mass is 10.1. The van der Waals surface area contributed by atoms with Gasteiger partial charge in [-0.25, -0.2) is 14.6 Å². The number of methoxy groups -OCH3 is 1. The molecule has 0 aliphatic heterocycles. The molecule has 10 nitrogen and oxygen atoms in total. The first kappa shape index (κ1) is 20.1. The molecule has 0 unspecified atom stereocenters. The molecule has 0 bridgehead atoms. The summed E-state index contributed by atoms with van der Waals surface area (Å²) >= 11 is 0. The Morgan fingerprint density at radius 1 is 1.07 bits per heavy atom. The molecule has 0 amide bonds. The monoisotopic (exact) mass is 400 g/mol. The van der Waals surface area contributed by atoms with Crippen molar-refractivity contribution < 1.29 is 19.1 Å². The summed E-state index contributed by atoms with van der Waals surface area (Å²) in [5, 5.41) is 0. The number of hydrogen-bond acceptors (Lipinski definition) is 7. The molecule has 10 heteroatoms. The van der Waals surface area contributed by atoms with Gasteiger partial charge in [-0.1, -0.05) is 12.1 Å². The van der Waals surface area contributed by atoms with E-state index in [4.69, 9.17) is 4.74 Å². The molecule has 3 rings (SSSR count). The van der Waals surface area contributed by atoms with Gasteiger partial charge in [0, 0.05) is 20.6 Å². The van der Waals surface area contributed by atoms with Crippen LogP contribution in [0.25, 0.3) is 11.2 Å². The summed E-state index contributed by atoms with van der Waals surface area (Å²) in [6.45, 7) is 0.241. The number of aryl methyl sites for hydroxylation is 2. The predicted octanol–water partition coefficient (Wildman–Crippen LogP) is 0.354. The molecule has 152 valence electrons. The molecule has 0 saturated carbocycles. The smallest absolute Gasteiger partial charge is 0.337 e. The molecule has 0 radical (unpaired) electrons. The van der Waals surface area contributed by atoms with Gasteiger partial charge in [0.05, 0.1) is 25.4 Å². The lowest BCUT2D eigenvalue weighted by molar-refractivity contribution is -0.145. The van der Waals surface area contributed by atoms with Gasteiger partial charge in [-0.3, -0.25) is 18.7 Å². The molecule has 3 aromatic rings. The summed E-state index contributed by atoms with van der Waals surface area (Å²) < 4.78 is 13.7. The second-order valence-electron chi connectivity index (χ2n) is 6.42. The number of esters is 2. The van der Waals surface area contributed by atoms with E-state index < -0.39 is 23.2 Å². The average molecular weight is 400 g/mol. The minimum atomic E-state index is -0.473. The molecule has 0 spiro atoms. The fraction of sp³-hybridized carbons (Fsp3) is 0.316. The molecular weight excluding hydrogens is 380 g/mol. The number of nitrogens with zero attached hydrogens (tertiary/aromatic N) is 4. The molecule has 1 aromatic carbocycles. The Kier molecular flexibility index (Phi) is 5.62. The largest absolute Gasteiger partial charge is 0.465 e. The van der Waals surface area contributed by atoms with E-state index in [1.165, 1.54) is 36.7 Å². The van der Waals surface area contributed by atoms with Crippen molar-refractivity contribution in [1.82, 2.24) is 18.7 Å². The lowest BCUT2D eigenvalue weighted by Crippen LogP contribution is -2.37. The third-order valence-corrected chi connectivity index (χ3v) is 4.55. The van der Waals surface area contributed by atoms with Gasteiger partial charge < -0.3 is 14.0 Å². The van der Waals surface area contributed by atoms with Gasteiger partial charge in [0.25, 0.3) is 5.56 Å². The van der Waals surface area contributed by atoms with Gasteiger partial charge in [-0.05, 0) is 17.7 Å². The van der Waals surface area contributed by atoms with Crippen LogP contribution in [0, 0.1) is 0 Å². The van der Waals surface area contributed by atoms with Gasteiger partial charge in [0.2, 0.25) is 0 Å². The zero-order valence-corrected chi connectivity index (χ0v) is 16.2. The molecule has 2 heterocycles. The fourth-order valence-corrected chi connectivity index (χ4v) is 2.87. The molecule has 0 fully saturated rings. The Morgan fingerprint density at radius 3 is 2.41 bits per heavy atom. The molecule has 2 aromatic heterocycles. The van der Waals surface area contributed by atoms with Crippen LogP contribution in [0.3, 0.4) is 0 Å². The summed E-state index contributed by atoms with van der Waals surface area (Å²) in [5.74, 6) is -0.893. The normalized spacial score (nSPS) is 10.9. The van der Waals surface area contributed by atoms with E-state index in [-0.39, 0.29) is 30.7 Å². The standard InChI is InChI=1S/C19H20N4O6/c1-21-16-15(17(25)22(2)19(21)27)23(11-20-16)9-8-14(24)29-10-12-4-6-13(7-5-12)18(26)28-3/h4-7,11H,8-10H2,1-3H3. The van der Waals surface area contributed by atoms with E-state index in [2.05, 4.69) is 9.72 Å². The number of ether oxygens (including phenoxy) is 2. The third kappa shape index (κ3) is 3.96. The topological polar surface area (TPSA) is 114 Å². The van der Waals surface area contributed by atoms with Crippen LogP contribution in [-0.2, 0) is 41.5 Å². The van der Waals surface area contributed by atoms with Crippen LogP contribution in [0.2, 0.25) is 0 Å². The second kappa shape index (κ2) is 8.13. The fourth-order valence-electron chi connectivity index (χ4n) is 2.87. The van der Waals surface area contributed by atoms with E-state index in [0.717, 1.165) is 10.1 Å². The van der Waals surface area contributed by atoms with Crippen LogP contribution in [0.15, 0.2) is 40.2 Å². The minimum absolute atomic E-state index is 0.0255. The Bertz CT molecular complexity index is 1190. The van der Waals surface area contributed by atoms with Crippen LogP contribution >= 0.6 is 0 Å². The first-order chi connectivity index (χ1) is 13.8. The number of rotatable bonds is 6. The van der Waals surface area contributed by atoms with E-state index in [1.54, 1.807) is 24.3 Å². The summed E-state index contributed by atoms with van der Waals surface area (Å²) in [6.07, 6.45) is 1.45. The SMILES string of the molecule is COC(=O)c1ccc(COC(=O)CCn2cnc3c2c(=O)n(C)c(=O)n3C)cc1. The zero-order chi connectivity index (χ0) is 21.1. The number of carbonyl (C=O) groups excluding carboxylic acids is 2. The van der Waals surface area contributed by atoms with Crippen LogP contribution < -0.4 is 11.2 Å². The second-order valence-corrected chi connectivity index (χ2v) is 6.42. The maximum absolute atomic E-state index is 12.4. The quantitative estimate of drug-likeness (QED) is 0.549. The number of hydrogen-bond donors (Lipinski definition) is 0. The number of carbonyl (C=O) groups is 2. The number of fused-ring (bicyclic) bond motifs is 1. The Hall–Kier alpha value is -3.69. The summed E-state index contributed by atoms with van der Waals surface area (Å²) in [6, 6.07) is 6.53. The molecule has 0 atom stereocenters. The van der Waals surface area contributed by atoms with Crippen molar-refractivity contribution in [3.8, 4) is 0 Å². The maximum Gasteiger partial charge on any atom is 0.337 e. The molecular formula is C19H20N4O6. The average Bonchev–Trinajstić information content (AvgIpc) is 3.17. The Labute approximate surface area is 164 Å². The van der Waals surface area contributed by atoms with Crippen LogP contribution in [0.5, 0.6) is 0 Å². The summed E-state index contributed by atoms with van der Waals surface area (Å²) in [5.41, 5.74) is 0.705. The highest BCUT2D eigenvalue weighted by molar-refractivity contribution is 5.89. The number of benzene rings is 1. The van der Waals surface area contributed by atoms with E-state index in [1.807, 2.05) is 0 Å². The van der Waals surface area contributed by atoms with Crippen LogP contribution in [0.4, 0.5) is 0 Å². The van der Waals surface area contributed by atoms with Crippen molar-refractivity contribution in [3.63, 3.8) is 0 Å². The maximum atomic E-state index is 12.4. The Balaban J connectivity index is 1.64. The lowest BCUT2D eigenvalue weighted by Gasteiger charge is -2.08. The van der Waals surface area contributed by atoms with Crippen molar-refractivity contribution in [2.75, 3.05) is 7.11 Å². The molecule has 0 N–H and O–H groups in total. The molecule has 0 aliphatic carbocycles. The highest BCUT2D eigenvalue weighted by Gasteiger charge is 2.15. The van der Waals surface area contributed by atoms with Crippen molar-refractivity contribution in [1.29, 1.82) is 0 Å². The number of imidazole rings is 1. The van der Waals surface area contributed by atoms with E-state index >= 15 is 0 Å². The summed E-state index contributed by atoms with van der Waals surface area (Å²) in [7, 11) is 4.22. The van der Waals surface area contributed by atoms with Crippen molar-refractivity contribution >= 4 is 23.1 Å². The highest BCUT2D eigenvalue weighted by Crippen LogP contribution is 2.09. The van der Waals surface area contributed by atoms with E-state index in [0.29, 0.717) is 5.56 Å².